The summed E-state index contributed by atoms with van der Waals surface area (Å²) < 4.78 is 11.1. The second-order valence-electron chi connectivity index (χ2n) is 5.75. The highest BCUT2D eigenvalue weighted by Gasteiger charge is 2.07. The third-order valence-electron chi connectivity index (χ3n) is 3.67. The number of hydrogen-bond acceptors (Lipinski definition) is 3. The molecule has 0 bridgehead atoms. The van der Waals surface area contributed by atoms with E-state index < -0.39 is 0 Å². The van der Waals surface area contributed by atoms with Gasteiger partial charge in [-0.2, -0.15) is 0 Å². The molecule has 0 unspecified atom stereocenters. The monoisotopic (exact) mass is 324 g/mol. The van der Waals surface area contributed by atoms with Crippen LogP contribution in [-0.4, -0.2) is 12.6 Å². The van der Waals surface area contributed by atoms with Crippen molar-refractivity contribution < 1.29 is 14.3 Å². The van der Waals surface area contributed by atoms with Crippen LogP contribution < -0.4 is 9.47 Å². The zero-order valence-electron chi connectivity index (χ0n) is 14.5. The highest BCUT2D eigenvalue weighted by Crippen LogP contribution is 2.22. The average Bonchev–Trinajstić information content (AvgIpc) is 2.58. The fourth-order valence-electron chi connectivity index (χ4n) is 2.27. The van der Waals surface area contributed by atoms with Crippen molar-refractivity contribution in [3.05, 3.63) is 65.2 Å². The number of esters is 1. The van der Waals surface area contributed by atoms with Gasteiger partial charge in [-0.05, 0) is 55.2 Å². The van der Waals surface area contributed by atoms with Crippen LogP contribution in [0.25, 0.3) is 6.08 Å². The van der Waals surface area contributed by atoms with E-state index in [0.29, 0.717) is 5.75 Å². The molecule has 0 amide bonds. The molecular weight excluding hydrogens is 300 g/mol. The molecule has 24 heavy (non-hydrogen) atoms. The molecule has 0 saturated heterocycles. The summed E-state index contributed by atoms with van der Waals surface area (Å²) in [5.41, 5.74) is 2.83. The predicted octanol–water partition coefficient (Wildman–Crippen LogP) is 5.10. The van der Waals surface area contributed by atoms with E-state index in [1.54, 1.807) is 6.08 Å². The lowest BCUT2D eigenvalue weighted by Gasteiger charge is -2.08. The SMILES string of the molecule is CCCCOc1ccc(/C=C/C(=O)Oc2c(C)cccc2C)cc1. The van der Waals surface area contributed by atoms with E-state index in [2.05, 4.69) is 6.92 Å². The molecule has 0 aliphatic carbocycles. The largest absolute Gasteiger partial charge is 0.494 e. The fourth-order valence-corrected chi connectivity index (χ4v) is 2.27. The van der Waals surface area contributed by atoms with E-state index in [0.717, 1.165) is 41.9 Å². The summed E-state index contributed by atoms with van der Waals surface area (Å²) in [6.07, 6.45) is 5.35. The Hall–Kier alpha value is -2.55. The van der Waals surface area contributed by atoms with Crippen LogP contribution in [0, 0.1) is 13.8 Å². The maximum Gasteiger partial charge on any atom is 0.336 e. The standard InChI is InChI=1S/C21H24O3/c1-4-5-15-23-19-12-9-18(10-13-19)11-14-20(22)24-21-16(2)7-6-8-17(21)3/h6-14H,4-5,15H2,1-3H3/b14-11+. The quantitative estimate of drug-likeness (QED) is 0.307. The minimum Gasteiger partial charge on any atom is -0.494 e. The van der Waals surface area contributed by atoms with Gasteiger partial charge >= 0.3 is 5.97 Å². The summed E-state index contributed by atoms with van der Waals surface area (Å²) in [7, 11) is 0. The van der Waals surface area contributed by atoms with Gasteiger partial charge in [-0.3, -0.25) is 0 Å². The molecule has 0 aliphatic heterocycles. The van der Waals surface area contributed by atoms with E-state index in [1.807, 2.05) is 56.3 Å². The number of hydrogen-bond donors (Lipinski definition) is 0. The third-order valence-corrected chi connectivity index (χ3v) is 3.67. The fraction of sp³-hybridized carbons (Fsp3) is 0.286. The summed E-state index contributed by atoms with van der Waals surface area (Å²) in [5, 5.41) is 0. The lowest BCUT2D eigenvalue weighted by Crippen LogP contribution is -2.06. The molecule has 3 heteroatoms. The number of carbonyl (C=O) groups is 1. The Morgan fingerprint density at radius 3 is 2.33 bits per heavy atom. The average molecular weight is 324 g/mol. The lowest BCUT2D eigenvalue weighted by atomic mass is 10.1. The first-order chi connectivity index (χ1) is 11.6. The van der Waals surface area contributed by atoms with Crippen molar-refractivity contribution in [3.8, 4) is 11.5 Å². The lowest BCUT2D eigenvalue weighted by molar-refractivity contribution is -0.129. The smallest absolute Gasteiger partial charge is 0.336 e. The van der Waals surface area contributed by atoms with Crippen molar-refractivity contribution in [1.29, 1.82) is 0 Å². The Kier molecular flexibility index (Phi) is 6.62. The van der Waals surface area contributed by atoms with Crippen molar-refractivity contribution >= 4 is 12.0 Å². The first kappa shape index (κ1) is 17.8. The predicted molar refractivity (Wildman–Crippen MR) is 97.4 cm³/mol. The molecule has 2 rings (SSSR count). The van der Waals surface area contributed by atoms with E-state index in [9.17, 15) is 4.79 Å². The number of unbranched alkanes of at least 4 members (excludes halogenated alkanes) is 1. The van der Waals surface area contributed by atoms with Crippen molar-refractivity contribution in [3.63, 3.8) is 0 Å². The van der Waals surface area contributed by atoms with E-state index in [4.69, 9.17) is 9.47 Å². The minimum atomic E-state index is -0.379. The molecule has 0 aliphatic rings. The Balaban J connectivity index is 1.94. The van der Waals surface area contributed by atoms with Crippen molar-refractivity contribution in [2.45, 2.75) is 33.6 Å². The molecule has 0 radical (unpaired) electrons. The normalized spacial score (nSPS) is 10.8. The zero-order valence-corrected chi connectivity index (χ0v) is 14.5. The van der Waals surface area contributed by atoms with Crippen LogP contribution in [0.5, 0.6) is 11.5 Å². The van der Waals surface area contributed by atoms with Gasteiger partial charge in [0.2, 0.25) is 0 Å². The Morgan fingerprint density at radius 1 is 1.04 bits per heavy atom. The summed E-state index contributed by atoms with van der Waals surface area (Å²) in [6.45, 7) is 6.72. The van der Waals surface area contributed by atoms with Gasteiger partial charge in [-0.25, -0.2) is 4.79 Å². The van der Waals surface area contributed by atoms with E-state index >= 15 is 0 Å². The Labute approximate surface area is 143 Å². The molecule has 0 saturated carbocycles. The van der Waals surface area contributed by atoms with Crippen molar-refractivity contribution in [2.75, 3.05) is 6.61 Å². The molecule has 0 N–H and O–H groups in total. The second kappa shape index (κ2) is 8.92. The topological polar surface area (TPSA) is 35.5 Å². The van der Waals surface area contributed by atoms with E-state index in [1.165, 1.54) is 6.08 Å². The van der Waals surface area contributed by atoms with Gasteiger partial charge in [0.15, 0.2) is 0 Å². The number of ether oxygens (including phenoxy) is 2. The van der Waals surface area contributed by atoms with Crippen LogP contribution in [-0.2, 0) is 4.79 Å². The van der Waals surface area contributed by atoms with Crippen LogP contribution in [0.4, 0.5) is 0 Å². The van der Waals surface area contributed by atoms with Gasteiger partial charge in [0.1, 0.15) is 11.5 Å². The van der Waals surface area contributed by atoms with Gasteiger partial charge in [-0.1, -0.05) is 43.7 Å². The van der Waals surface area contributed by atoms with Crippen LogP contribution in [0.3, 0.4) is 0 Å². The van der Waals surface area contributed by atoms with Gasteiger partial charge < -0.3 is 9.47 Å². The third kappa shape index (κ3) is 5.27. The van der Waals surface area contributed by atoms with E-state index in [-0.39, 0.29) is 5.97 Å². The Morgan fingerprint density at radius 2 is 1.71 bits per heavy atom. The number of para-hydroxylation sites is 1. The summed E-state index contributed by atoms with van der Waals surface area (Å²) in [5.74, 6) is 1.10. The van der Waals surface area contributed by atoms with Crippen molar-refractivity contribution in [1.82, 2.24) is 0 Å². The Bertz CT molecular complexity index is 679. The first-order valence-corrected chi connectivity index (χ1v) is 8.29. The maximum atomic E-state index is 12.0. The first-order valence-electron chi connectivity index (χ1n) is 8.29. The molecule has 2 aromatic rings. The van der Waals surface area contributed by atoms with Crippen LogP contribution >= 0.6 is 0 Å². The minimum absolute atomic E-state index is 0.379. The molecule has 0 fully saturated rings. The number of carbonyl (C=O) groups excluding carboxylic acids is 1. The van der Waals surface area contributed by atoms with Crippen LogP contribution in [0.1, 0.15) is 36.5 Å². The molecule has 0 heterocycles. The summed E-state index contributed by atoms with van der Waals surface area (Å²) >= 11 is 0. The maximum absolute atomic E-state index is 12.0. The molecule has 0 aromatic heterocycles. The van der Waals surface area contributed by atoms with Crippen molar-refractivity contribution in [2.24, 2.45) is 0 Å². The molecular formula is C21H24O3. The highest BCUT2D eigenvalue weighted by molar-refractivity contribution is 5.89. The van der Waals surface area contributed by atoms with Gasteiger partial charge in [0, 0.05) is 6.08 Å². The van der Waals surface area contributed by atoms with Gasteiger partial charge in [0.05, 0.1) is 6.61 Å². The van der Waals surface area contributed by atoms with Crippen LogP contribution in [0.15, 0.2) is 48.5 Å². The molecule has 3 nitrogen and oxygen atoms in total. The van der Waals surface area contributed by atoms with Gasteiger partial charge in [0.25, 0.3) is 0 Å². The van der Waals surface area contributed by atoms with Gasteiger partial charge in [-0.15, -0.1) is 0 Å². The number of benzene rings is 2. The summed E-state index contributed by atoms with van der Waals surface area (Å²) in [4.78, 5) is 12.0. The molecule has 0 spiro atoms. The second-order valence-corrected chi connectivity index (χ2v) is 5.75. The van der Waals surface area contributed by atoms with Crippen LogP contribution in [0.2, 0.25) is 0 Å². The number of rotatable bonds is 7. The zero-order chi connectivity index (χ0) is 17.4. The highest BCUT2D eigenvalue weighted by atomic mass is 16.5. The molecule has 0 atom stereocenters. The number of aryl methyl sites for hydroxylation is 2. The molecule has 126 valence electrons. The molecule has 2 aromatic carbocycles. The summed E-state index contributed by atoms with van der Waals surface area (Å²) in [6, 6.07) is 13.5.